The Morgan fingerprint density at radius 1 is 0.545 bits per heavy atom. The van der Waals surface area contributed by atoms with Crippen LogP contribution in [0.1, 0.15) is 11.1 Å². The zero-order chi connectivity index (χ0) is 15.6. The Bertz CT molecular complexity index is 588. The third kappa shape index (κ3) is 5.71. The maximum Gasteiger partial charge on any atom is 0.115 e. The first-order valence-corrected chi connectivity index (χ1v) is 7.28. The molecular formula is C20H20O2. The summed E-state index contributed by atoms with van der Waals surface area (Å²) < 4.78 is 0. The van der Waals surface area contributed by atoms with Gasteiger partial charge in [-0.2, -0.15) is 0 Å². The highest BCUT2D eigenvalue weighted by molar-refractivity contribution is 5.28. The summed E-state index contributed by atoms with van der Waals surface area (Å²) in [6, 6.07) is 14.5. The lowest BCUT2D eigenvalue weighted by Crippen LogP contribution is -1.78. The van der Waals surface area contributed by atoms with E-state index in [1.165, 1.54) is 11.1 Å². The standard InChI is InChI=1S/C20H20O2/c21-19-13-9-17(10-14-19)7-5-3-1-2-4-6-8-18-11-15-20(22)16-12-18/h1-6,9-16,21-22H,7-8H2/b2-1+,5-3+,6-4+. The molecule has 2 N–H and O–H groups in total. The lowest BCUT2D eigenvalue weighted by Gasteiger charge is -1.95. The maximum atomic E-state index is 9.20. The highest BCUT2D eigenvalue weighted by atomic mass is 16.3. The van der Waals surface area contributed by atoms with Gasteiger partial charge in [0.2, 0.25) is 0 Å². The topological polar surface area (TPSA) is 40.5 Å². The van der Waals surface area contributed by atoms with Crippen LogP contribution in [0.3, 0.4) is 0 Å². The SMILES string of the molecule is Oc1ccc(C/C=C/C=C/C=C/Cc2ccc(O)cc2)cc1. The third-order valence-electron chi connectivity index (χ3n) is 3.19. The molecule has 0 radical (unpaired) electrons. The van der Waals surface area contributed by atoms with E-state index in [-0.39, 0.29) is 0 Å². The number of hydrogen-bond donors (Lipinski definition) is 2. The molecule has 0 aromatic heterocycles. The maximum absolute atomic E-state index is 9.20. The largest absolute Gasteiger partial charge is 0.508 e. The molecule has 0 amide bonds. The number of rotatable bonds is 6. The van der Waals surface area contributed by atoms with E-state index < -0.39 is 0 Å². The monoisotopic (exact) mass is 292 g/mol. The molecule has 0 spiro atoms. The van der Waals surface area contributed by atoms with Gasteiger partial charge in [0.1, 0.15) is 11.5 Å². The molecule has 2 rings (SSSR count). The Kier molecular flexibility index (Phi) is 6.06. The van der Waals surface area contributed by atoms with Crippen LogP contribution in [-0.2, 0) is 12.8 Å². The lowest BCUT2D eigenvalue weighted by molar-refractivity contribution is 0.474. The van der Waals surface area contributed by atoms with Crippen LogP contribution in [-0.4, -0.2) is 10.2 Å². The average Bonchev–Trinajstić information content (AvgIpc) is 2.53. The zero-order valence-corrected chi connectivity index (χ0v) is 12.4. The predicted octanol–water partition coefficient (Wildman–Crippen LogP) is 4.55. The molecule has 0 heterocycles. The minimum atomic E-state index is 0.298. The Hall–Kier alpha value is -2.74. The second-order valence-electron chi connectivity index (χ2n) is 4.98. The Balaban J connectivity index is 1.71. The van der Waals surface area contributed by atoms with Gasteiger partial charge >= 0.3 is 0 Å². The molecular weight excluding hydrogens is 272 g/mol. The van der Waals surface area contributed by atoms with E-state index in [1.54, 1.807) is 24.3 Å². The van der Waals surface area contributed by atoms with Gasteiger partial charge in [-0.25, -0.2) is 0 Å². The van der Waals surface area contributed by atoms with E-state index in [1.807, 2.05) is 48.6 Å². The minimum Gasteiger partial charge on any atom is -0.508 e. The number of hydrogen-bond acceptors (Lipinski definition) is 2. The van der Waals surface area contributed by atoms with Gasteiger partial charge in [-0.1, -0.05) is 60.7 Å². The van der Waals surface area contributed by atoms with Crippen molar-refractivity contribution < 1.29 is 10.2 Å². The summed E-state index contributed by atoms with van der Waals surface area (Å²) in [4.78, 5) is 0. The molecule has 2 aromatic carbocycles. The first-order chi connectivity index (χ1) is 10.7. The molecule has 0 saturated heterocycles. The number of benzene rings is 2. The van der Waals surface area contributed by atoms with Crippen molar-refractivity contribution in [3.05, 3.63) is 96.1 Å². The number of phenolic OH excluding ortho intramolecular Hbond substituents is 2. The summed E-state index contributed by atoms with van der Waals surface area (Å²) >= 11 is 0. The van der Waals surface area contributed by atoms with Gasteiger partial charge in [0.05, 0.1) is 0 Å². The molecule has 0 aliphatic rings. The van der Waals surface area contributed by atoms with E-state index in [0.29, 0.717) is 11.5 Å². The molecule has 0 unspecified atom stereocenters. The van der Waals surface area contributed by atoms with Crippen LogP contribution in [0.4, 0.5) is 0 Å². The molecule has 0 aliphatic heterocycles. The third-order valence-corrected chi connectivity index (χ3v) is 3.19. The van der Waals surface area contributed by atoms with Gasteiger partial charge in [0.15, 0.2) is 0 Å². The molecule has 2 nitrogen and oxygen atoms in total. The average molecular weight is 292 g/mol. The Labute approximate surface area is 131 Å². The fourth-order valence-electron chi connectivity index (χ4n) is 1.96. The van der Waals surface area contributed by atoms with Crippen molar-refractivity contribution >= 4 is 0 Å². The summed E-state index contributed by atoms with van der Waals surface area (Å²) in [6.45, 7) is 0. The van der Waals surface area contributed by atoms with Gasteiger partial charge < -0.3 is 10.2 Å². The molecule has 0 bridgehead atoms. The normalized spacial score (nSPS) is 11.8. The fourth-order valence-corrected chi connectivity index (χ4v) is 1.96. The Morgan fingerprint density at radius 2 is 0.909 bits per heavy atom. The minimum absolute atomic E-state index is 0.298. The van der Waals surface area contributed by atoms with Crippen LogP contribution in [0, 0.1) is 0 Å². The Morgan fingerprint density at radius 3 is 1.27 bits per heavy atom. The van der Waals surface area contributed by atoms with Crippen LogP contribution in [0.15, 0.2) is 85.0 Å². The molecule has 2 heteroatoms. The van der Waals surface area contributed by atoms with Gasteiger partial charge in [-0.05, 0) is 48.2 Å². The predicted molar refractivity (Wildman–Crippen MR) is 91.0 cm³/mol. The van der Waals surface area contributed by atoms with E-state index in [9.17, 15) is 10.2 Å². The smallest absolute Gasteiger partial charge is 0.115 e. The summed E-state index contributed by atoms with van der Waals surface area (Å²) in [5, 5.41) is 18.4. The second-order valence-corrected chi connectivity index (χ2v) is 4.98. The van der Waals surface area contributed by atoms with Crippen LogP contribution in [0.5, 0.6) is 11.5 Å². The quantitative estimate of drug-likeness (QED) is 0.767. The van der Waals surface area contributed by atoms with Crippen LogP contribution >= 0.6 is 0 Å². The van der Waals surface area contributed by atoms with Crippen molar-refractivity contribution in [2.45, 2.75) is 12.8 Å². The van der Waals surface area contributed by atoms with E-state index in [0.717, 1.165) is 12.8 Å². The van der Waals surface area contributed by atoms with Crippen molar-refractivity contribution in [3.63, 3.8) is 0 Å². The number of aromatic hydroxyl groups is 2. The van der Waals surface area contributed by atoms with Crippen LogP contribution in [0.2, 0.25) is 0 Å². The first-order valence-electron chi connectivity index (χ1n) is 7.28. The van der Waals surface area contributed by atoms with E-state index >= 15 is 0 Å². The van der Waals surface area contributed by atoms with Crippen molar-refractivity contribution in [1.82, 2.24) is 0 Å². The van der Waals surface area contributed by atoms with Gasteiger partial charge in [0, 0.05) is 0 Å². The highest BCUT2D eigenvalue weighted by Crippen LogP contribution is 2.11. The zero-order valence-electron chi connectivity index (χ0n) is 12.4. The summed E-state index contributed by atoms with van der Waals surface area (Å²) in [5.74, 6) is 0.595. The van der Waals surface area contributed by atoms with Crippen molar-refractivity contribution in [3.8, 4) is 11.5 Å². The molecule has 0 atom stereocenters. The number of phenols is 2. The van der Waals surface area contributed by atoms with Gasteiger partial charge in [0.25, 0.3) is 0 Å². The van der Waals surface area contributed by atoms with Crippen molar-refractivity contribution in [2.75, 3.05) is 0 Å². The fraction of sp³-hybridized carbons (Fsp3) is 0.100. The molecule has 112 valence electrons. The second kappa shape index (κ2) is 8.53. The van der Waals surface area contributed by atoms with Crippen LogP contribution in [0.25, 0.3) is 0 Å². The van der Waals surface area contributed by atoms with E-state index in [2.05, 4.69) is 12.2 Å². The lowest BCUT2D eigenvalue weighted by atomic mass is 10.1. The molecule has 0 saturated carbocycles. The van der Waals surface area contributed by atoms with Gasteiger partial charge in [-0.3, -0.25) is 0 Å². The molecule has 0 fully saturated rings. The summed E-state index contributed by atoms with van der Waals surface area (Å²) in [5.41, 5.74) is 2.34. The van der Waals surface area contributed by atoms with Crippen molar-refractivity contribution in [1.29, 1.82) is 0 Å². The van der Waals surface area contributed by atoms with Crippen molar-refractivity contribution in [2.24, 2.45) is 0 Å². The molecule has 2 aromatic rings. The highest BCUT2D eigenvalue weighted by Gasteiger charge is 1.90. The summed E-state index contributed by atoms with van der Waals surface area (Å²) in [6.07, 6.45) is 13.9. The van der Waals surface area contributed by atoms with Crippen LogP contribution < -0.4 is 0 Å². The number of allylic oxidation sites excluding steroid dienone is 6. The summed E-state index contributed by atoms with van der Waals surface area (Å²) in [7, 11) is 0. The first kappa shape index (κ1) is 15.6. The van der Waals surface area contributed by atoms with E-state index in [4.69, 9.17) is 0 Å². The molecule has 0 aliphatic carbocycles. The van der Waals surface area contributed by atoms with Gasteiger partial charge in [-0.15, -0.1) is 0 Å². The molecule has 22 heavy (non-hydrogen) atoms.